The van der Waals surface area contributed by atoms with Crippen LogP contribution in [0.4, 0.5) is 5.69 Å². The van der Waals surface area contributed by atoms with Crippen LogP contribution in [0.25, 0.3) is 0 Å². The number of nitrogen functional groups attached to an aromatic ring is 1. The third-order valence-electron chi connectivity index (χ3n) is 4.55. The smallest absolute Gasteiger partial charge is 0.257 e. The van der Waals surface area contributed by atoms with Crippen LogP contribution in [0.15, 0.2) is 18.2 Å². The van der Waals surface area contributed by atoms with Gasteiger partial charge in [-0.05, 0) is 37.9 Å². The number of hydrogen-bond acceptors (Lipinski definition) is 4. The van der Waals surface area contributed by atoms with Crippen LogP contribution in [0, 0.1) is 0 Å². The molecule has 21 heavy (non-hydrogen) atoms. The van der Waals surface area contributed by atoms with E-state index in [4.69, 9.17) is 10.5 Å². The molecule has 1 aromatic rings. The molecule has 5 nitrogen and oxygen atoms in total. The average Bonchev–Trinajstić information content (AvgIpc) is 2.83. The van der Waals surface area contributed by atoms with E-state index in [-0.39, 0.29) is 5.91 Å². The van der Waals surface area contributed by atoms with Crippen molar-refractivity contribution in [1.82, 2.24) is 9.80 Å². The fourth-order valence-electron chi connectivity index (χ4n) is 3.45. The van der Waals surface area contributed by atoms with Crippen molar-refractivity contribution in [2.75, 3.05) is 39.0 Å². The summed E-state index contributed by atoms with van der Waals surface area (Å²) >= 11 is 0. The molecule has 5 heteroatoms. The molecule has 2 fully saturated rings. The molecule has 1 amide bonds. The third kappa shape index (κ3) is 2.83. The maximum Gasteiger partial charge on any atom is 0.257 e. The second-order valence-corrected chi connectivity index (χ2v) is 5.90. The van der Waals surface area contributed by atoms with E-state index in [0.29, 0.717) is 23.0 Å². The summed E-state index contributed by atoms with van der Waals surface area (Å²) in [5.41, 5.74) is 6.99. The number of anilines is 1. The van der Waals surface area contributed by atoms with E-state index in [1.807, 2.05) is 4.90 Å². The lowest BCUT2D eigenvalue weighted by atomic mass is 10.1. The van der Waals surface area contributed by atoms with Gasteiger partial charge in [0, 0.05) is 37.4 Å². The molecule has 2 aliphatic heterocycles. The number of carbonyl (C=O) groups excluding carboxylic acids is 1. The van der Waals surface area contributed by atoms with Gasteiger partial charge >= 0.3 is 0 Å². The Bertz CT molecular complexity index is 532. The summed E-state index contributed by atoms with van der Waals surface area (Å²) in [6, 6.07) is 5.77. The molecule has 0 aliphatic carbocycles. The number of amides is 1. The number of carbonyl (C=O) groups is 1. The Morgan fingerprint density at radius 2 is 2.10 bits per heavy atom. The van der Waals surface area contributed by atoms with Crippen molar-refractivity contribution in [3.05, 3.63) is 23.8 Å². The lowest BCUT2D eigenvalue weighted by molar-refractivity contribution is 0.0740. The monoisotopic (exact) mass is 289 g/mol. The molecule has 2 N–H and O–H groups in total. The first-order valence-corrected chi connectivity index (χ1v) is 7.66. The molecular weight excluding hydrogens is 266 g/mol. The van der Waals surface area contributed by atoms with Crippen LogP contribution in [0.5, 0.6) is 5.75 Å². The molecule has 1 atom stereocenters. The molecule has 114 valence electrons. The van der Waals surface area contributed by atoms with E-state index in [0.717, 1.165) is 26.1 Å². The van der Waals surface area contributed by atoms with Gasteiger partial charge < -0.3 is 15.4 Å². The zero-order chi connectivity index (χ0) is 14.8. The SMILES string of the molecule is COc1cc(N)ccc1C(=O)N1CCCN2CCCC2C1. The van der Waals surface area contributed by atoms with Gasteiger partial charge in [-0.15, -0.1) is 0 Å². The predicted molar refractivity (Wildman–Crippen MR) is 82.5 cm³/mol. The number of benzene rings is 1. The van der Waals surface area contributed by atoms with E-state index in [9.17, 15) is 4.79 Å². The van der Waals surface area contributed by atoms with Gasteiger partial charge in [0.1, 0.15) is 5.75 Å². The van der Waals surface area contributed by atoms with Gasteiger partial charge in [-0.1, -0.05) is 0 Å². The Morgan fingerprint density at radius 3 is 2.90 bits per heavy atom. The highest BCUT2D eigenvalue weighted by Crippen LogP contribution is 2.26. The summed E-state index contributed by atoms with van der Waals surface area (Å²) in [6.07, 6.45) is 3.49. The lowest BCUT2D eigenvalue weighted by Crippen LogP contribution is -2.39. The van der Waals surface area contributed by atoms with Crippen molar-refractivity contribution in [3.8, 4) is 5.75 Å². The van der Waals surface area contributed by atoms with E-state index in [1.165, 1.54) is 19.4 Å². The molecule has 2 aliphatic rings. The first-order chi connectivity index (χ1) is 10.2. The summed E-state index contributed by atoms with van der Waals surface area (Å²) in [5, 5.41) is 0. The molecule has 3 rings (SSSR count). The molecule has 0 aromatic heterocycles. The number of ether oxygens (including phenoxy) is 1. The Hall–Kier alpha value is -1.75. The Labute approximate surface area is 125 Å². The molecule has 0 radical (unpaired) electrons. The average molecular weight is 289 g/mol. The van der Waals surface area contributed by atoms with Gasteiger partial charge in [-0.3, -0.25) is 9.69 Å². The standard InChI is InChI=1S/C16H23N3O2/c1-21-15-10-12(17)5-6-14(15)16(20)19-9-3-8-18-7-2-4-13(18)11-19/h5-6,10,13H,2-4,7-9,11,17H2,1H3. The topological polar surface area (TPSA) is 58.8 Å². The van der Waals surface area contributed by atoms with Crippen molar-refractivity contribution < 1.29 is 9.53 Å². The highest BCUT2D eigenvalue weighted by atomic mass is 16.5. The summed E-state index contributed by atoms with van der Waals surface area (Å²) in [7, 11) is 1.58. The van der Waals surface area contributed by atoms with Crippen LogP contribution in [0.3, 0.4) is 0 Å². The van der Waals surface area contributed by atoms with Crippen LogP contribution in [-0.4, -0.2) is 55.0 Å². The number of rotatable bonds is 2. The first-order valence-electron chi connectivity index (χ1n) is 7.66. The molecule has 0 saturated carbocycles. The molecule has 1 unspecified atom stereocenters. The van der Waals surface area contributed by atoms with E-state index < -0.39 is 0 Å². The summed E-state index contributed by atoms with van der Waals surface area (Å²) in [5.74, 6) is 0.619. The fourth-order valence-corrected chi connectivity index (χ4v) is 3.45. The Balaban J connectivity index is 1.81. The maximum absolute atomic E-state index is 12.8. The molecule has 2 saturated heterocycles. The highest BCUT2D eigenvalue weighted by molar-refractivity contribution is 5.97. The fraction of sp³-hybridized carbons (Fsp3) is 0.562. The minimum Gasteiger partial charge on any atom is -0.496 e. The molecule has 0 spiro atoms. The molecule has 2 heterocycles. The normalized spacial score (nSPS) is 22.7. The minimum atomic E-state index is 0.0561. The second kappa shape index (κ2) is 5.93. The van der Waals surface area contributed by atoms with Crippen LogP contribution in [0.1, 0.15) is 29.6 Å². The summed E-state index contributed by atoms with van der Waals surface area (Å²) < 4.78 is 5.32. The lowest BCUT2D eigenvalue weighted by Gasteiger charge is -2.26. The number of fused-ring (bicyclic) bond motifs is 1. The molecule has 0 bridgehead atoms. The van der Waals surface area contributed by atoms with Crippen molar-refractivity contribution in [2.45, 2.75) is 25.3 Å². The van der Waals surface area contributed by atoms with Crippen LogP contribution < -0.4 is 10.5 Å². The Morgan fingerprint density at radius 1 is 1.29 bits per heavy atom. The number of methoxy groups -OCH3 is 1. The van der Waals surface area contributed by atoms with Crippen molar-refractivity contribution >= 4 is 11.6 Å². The summed E-state index contributed by atoms with van der Waals surface area (Å²) in [4.78, 5) is 17.3. The highest BCUT2D eigenvalue weighted by Gasteiger charge is 2.31. The second-order valence-electron chi connectivity index (χ2n) is 5.90. The molecule has 1 aromatic carbocycles. The Kier molecular flexibility index (Phi) is 4.01. The van der Waals surface area contributed by atoms with Crippen LogP contribution in [0.2, 0.25) is 0 Å². The largest absolute Gasteiger partial charge is 0.496 e. The van der Waals surface area contributed by atoms with Gasteiger partial charge in [-0.2, -0.15) is 0 Å². The van der Waals surface area contributed by atoms with Crippen molar-refractivity contribution in [1.29, 1.82) is 0 Å². The summed E-state index contributed by atoms with van der Waals surface area (Å²) in [6.45, 7) is 3.93. The van der Waals surface area contributed by atoms with E-state index >= 15 is 0 Å². The number of nitrogens with two attached hydrogens (primary N) is 1. The zero-order valence-electron chi connectivity index (χ0n) is 12.5. The van der Waals surface area contributed by atoms with Gasteiger partial charge in [0.25, 0.3) is 5.91 Å². The first kappa shape index (κ1) is 14.2. The van der Waals surface area contributed by atoms with Gasteiger partial charge in [0.15, 0.2) is 0 Å². The number of hydrogen-bond donors (Lipinski definition) is 1. The van der Waals surface area contributed by atoms with Gasteiger partial charge in [0.2, 0.25) is 0 Å². The van der Waals surface area contributed by atoms with Crippen LogP contribution in [-0.2, 0) is 0 Å². The third-order valence-corrected chi connectivity index (χ3v) is 4.55. The molecular formula is C16H23N3O2. The van der Waals surface area contributed by atoms with Crippen LogP contribution >= 0.6 is 0 Å². The van der Waals surface area contributed by atoms with Gasteiger partial charge in [-0.25, -0.2) is 0 Å². The minimum absolute atomic E-state index is 0.0561. The predicted octanol–water partition coefficient (Wildman–Crippen LogP) is 1.59. The quantitative estimate of drug-likeness (QED) is 0.840. The maximum atomic E-state index is 12.8. The van der Waals surface area contributed by atoms with E-state index in [2.05, 4.69) is 4.90 Å². The van der Waals surface area contributed by atoms with Crippen molar-refractivity contribution in [2.24, 2.45) is 0 Å². The van der Waals surface area contributed by atoms with Gasteiger partial charge in [0.05, 0.1) is 12.7 Å². The van der Waals surface area contributed by atoms with E-state index in [1.54, 1.807) is 25.3 Å². The number of nitrogens with zero attached hydrogens (tertiary/aromatic N) is 2. The zero-order valence-corrected chi connectivity index (χ0v) is 12.5. The van der Waals surface area contributed by atoms with Crippen molar-refractivity contribution in [3.63, 3.8) is 0 Å².